The Balaban J connectivity index is 1.50. The number of fused-ring (bicyclic) bond motifs is 1. The van der Waals surface area contributed by atoms with Gasteiger partial charge in [0, 0.05) is 22.5 Å². The van der Waals surface area contributed by atoms with Gasteiger partial charge >= 0.3 is 0 Å². The lowest BCUT2D eigenvalue weighted by Crippen LogP contribution is -2.31. The molecule has 0 bridgehead atoms. The maximum absolute atomic E-state index is 12.3. The molecule has 0 spiro atoms. The molecule has 0 saturated heterocycles. The standard InChI is InChI=1S/C21H16BrN3O4S/c22-13-2-4-14(5-3-13)24-20(27)10-30-21-16(9-23)15(8-19(26)25-21)12-1-6-17-18(7-12)29-11-28-17/h1-7,15H,8,10-11H2,(H,24,27)(H,25,26)/t15-/m0/s1. The van der Waals surface area contributed by atoms with Crippen LogP contribution in [0, 0.1) is 11.3 Å². The van der Waals surface area contributed by atoms with E-state index in [1.807, 2.05) is 18.2 Å². The van der Waals surface area contributed by atoms with Gasteiger partial charge in [-0.2, -0.15) is 5.26 Å². The first-order valence-corrected chi connectivity index (χ1v) is 10.8. The number of nitriles is 1. The lowest BCUT2D eigenvalue weighted by molar-refractivity contribution is -0.121. The summed E-state index contributed by atoms with van der Waals surface area (Å²) in [6.45, 7) is 0.152. The number of thioether (sulfide) groups is 1. The fraction of sp³-hybridized carbons (Fsp3) is 0.190. The molecule has 2 heterocycles. The molecule has 152 valence electrons. The van der Waals surface area contributed by atoms with E-state index in [0.717, 1.165) is 21.8 Å². The van der Waals surface area contributed by atoms with Crippen molar-refractivity contribution in [2.75, 3.05) is 17.9 Å². The molecule has 7 nitrogen and oxygen atoms in total. The monoisotopic (exact) mass is 485 g/mol. The molecular formula is C21H16BrN3O4S. The van der Waals surface area contributed by atoms with Gasteiger partial charge in [-0.1, -0.05) is 33.8 Å². The summed E-state index contributed by atoms with van der Waals surface area (Å²) in [4.78, 5) is 24.6. The predicted molar refractivity (Wildman–Crippen MR) is 116 cm³/mol. The van der Waals surface area contributed by atoms with Gasteiger partial charge in [0.15, 0.2) is 11.5 Å². The second-order valence-electron chi connectivity index (χ2n) is 6.62. The Hall–Kier alpha value is -2.96. The summed E-state index contributed by atoms with van der Waals surface area (Å²) in [6, 6.07) is 14.8. The lowest BCUT2D eigenvalue weighted by Gasteiger charge is -2.25. The van der Waals surface area contributed by atoms with Gasteiger partial charge in [0.2, 0.25) is 18.6 Å². The van der Waals surface area contributed by atoms with Gasteiger partial charge in [-0.05, 0) is 42.0 Å². The Kier molecular flexibility index (Phi) is 5.97. The van der Waals surface area contributed by atoms with Gasteiger partial charge in [-0.15, -0.1) is 0 Å². The third-order valence-electron chi connectivity index (χ3n) is 4.63. The van der Waals surface area contributed by atoms with Crippen molar-refractivity contribution in [2.24, 2.45) is 0 Å². The molecule has 2 amide bonds. The summed E-state index contributed by atoms with van der Waals surface area (Å²) in [5, 5.41) is 15.7. The van der Waals surface area contributed by atoms with Crippen LogP contribution >= 0.6 is 27.7 Å². The number of ether oxygens (including phenoxy) is 2. The number of carbonyl (C=O) groups is 2. The molecule has 1 atom stereocenters. The summed E-state index contributed by atoms with van der Waals surface area (Å²) in [5.41, 5.74) is 1.89. The quantitative estimate of drug-likeness (QED) is 0.666. The number of hydrogen-bond acceptors (Lipinski definition) is 6. The van der Waals surface area contributed by atoms with Crippen molar-refractivity contribution >= 4 is 45.2 Å². The van der Waals surface area contributed by atoms with Gasteiger partial charge in [0.25, 0.3) is 0 Å². The van der Waals surface area contributed by atoms with Crippen molar-refractivity contribution in [3.8, 4) is 17.6 Å². The second-order valence-corrected chi connectivity index (χ2v) is 8.52. The first kappa shape index (κ1) is 20.3. The highest BCUT2D eigenvalue weighted by molar-refractivity contribution is 9.10. The zero-order chi connectivity index (χ0) is 21.1. The average molecular weight is 486 g/mol. The van der Waals surface area contributed by atoms with E-state index in [2.05, 4.69) is 32.6 Å². The normalized spacial score (nSPS) is 17.3. The Labute approximate surface area is 185 Å². The van der Waals surface area contributed by atoms with Crippen LogP contribution in [0.15, 0.2) is 57.5 Å². The van der Waals surface area contributed by atoms with E-state index in [4.69, 9.17) is 9.47 Å². The van der Waals surface area contributed by atoms with Crippen molar-refractivity contribution in [2.45, 2.75) is 12.3 Å². The van der Waals surface area contributed by atoms with E-state index in [-0.39, 0.29) is 30.8 Å². The molecule has 2 aromatic rings. The zero-order valence-corrected chi connectivity index (χ0v) is 18.0. The van der Waals surface area contributed by atoms with Gasteiger partial charge in [-0.3, -0.25) is 9.59 Å². The average Bonchev–Trinajstić information content (AvgIpc) is 3.21. The van der Waals surface area contributed by atoms with E-state index in [1.165, 1.54) is 0 Å². The number of allylic oxidation sites excluding steroid dienone is 1. The Morgan fingerprint density at radius 2 is 2.00 bits per heavy atom. The first-order valence-electron chi connectivity index (χ1n) is 9.05. The van der Waals surface area contributed by atoms with Gasteiger partial charge in [0.1, 0.15) is 0 Å². The number of nitrogens with one attached hydrogen (secondary N) is 2. The number of rotatable bonds is 5. The molecule has 0 fully saturated rings. The van der Waals surface area contributed by atoms with Crippen LogP contribution < -0.4 is 20.1 Å². The highest BCUT2D eigenvalue weighted by Crippen LogP contribution is 2.40. The first-order chi connectivity index (χ1) is 14.5. The molecule has 2 aromatic carbocycles. The molecule has 0 radical (unpaired) electrons. The van der Waals surface area contributed by atoms with Gasteiger partial charge in [0.05, 0.1) is 22.4 Å². The minimum Gasteiger partial charge on any atom is -0.454 e. The Bertz CT molecular complexity index is 1080. The Morgan fingerprint density at radius 1 is 1.23 bits per heavy atom. The molecule has 2 N–H and O–H groups in total. The summed E-state index contributed by atoms with van der Waals surface area (Å²) < 4.78 is 11.7. The molecule has 0 unspecified atom stereocenters. The van der Waals surface area contributed by atoms with Crippen molar-refractivity contribution < 1.29 is 19.1 Å². The summed E-state index contributed by atoms with van der Waals surface area (Å²) >= 11 is 4.48. The van der Waals surface area contributed by atoms with Gasteiger partial charge < -0.3 is 20.1 Å². The van der Waals surface area contributed by atoms with E-state index in [1.54, 1.807) is 24.3 Å². The molecule has 2 aliphatic rings. The predicted octanol–water partition coefficient (Wildman–Crippen LogP) is 3.89. The number of hydrogen-bond donors (Lipinski definition) is 2. The number of carbonyl (C=O) groups excluding carboxylic acids is 2. The lowest BCUT2D eigenvalue weighted by atomic mass is 9.87. The minimum atomic E-state index is -0.407. The number of nitrogens with zero attached hydrogens (tertiary/aromatic N) is 1. The fourth-order valence-corrected chi connectivity index (χ4v) is 4.36. The maximum Gasteiger partial charge on any atom is 0.234 e. The van der Waals surface area contributed by atoms with Crippen molar-refractivity contribution in [3.63, 3.8) is 0 Å². The summed E-state index contributed by atoms with van der Waals surface area (Å²) in [6.07, 6.45) is 0.150. The fourth-order valence-electron chi connectivity index (χ4n) is 3.22. The van der Waals surface area contributed by atoms with Crippen LogP contribution in [0.4, 0.5) is 5.69 Å². The zero-order valence-electron chi connectivity index (χ0n) is 15.6. The molecule has 4 rings (SSSR count). The summed E-state index contributed by atoms with van der Waals surface area (Å²) in [5.74, 6) is 0.457. The number of anilines is 1. The molecule has 9 heteroatoms. The topological polar surface area (TPSA) is 100 Å². The Morgan fingerprint density at radius 3 is 2.77 bits per heavy atom. The number of amides is 2. The van der Waals surface area contributed by atoms with Crippen molar-refractivity contribution in [1.82, 2.24) is 5.32 Å². The molecule has 0 aromatic heterocycles. The molecule has 0 aliphatic carbocycles. The van der Waals surface area contributed by atoms with Crippen LogP contribution in [0.2, 0.25) is 0 Å². The van der Waals surface area contributed by atoms with E-state index in [9.17, 15) is 14.9 Å². The van der Waals surface area contributed by atoms with Crippen LogP contribution in [-0.4, -0.2) is 24.4 Å². The van der Waals surface area contributed by atoms with Crippen molar-refractivity contribution in [1.29, 1.82) is 5.26 Å². The molecule has 30 heavy (non-hydrogen) atoms. The van der Waals surface area contributed by atoms with Crippen LogP contribution in [0.5, 0.6) is 11.5 Å². The van der Waals surface area contributed by atoms with Crippen molar-refractivity contribution in [3.05, 3.63) is 63.1 Å². The number of benzene rings is 2. The third kappa shape index (κ3) is 4.45. The third-order valence-corrected chi connectivity index (χ3v) is 6.18. The van der Waals surface area contributed by atoms with E-state index >= 15 is 0 Å². The molecule has 0 saturated carbocycles. The highest BCUT2D eigenvalue weighted by Gasteiger charge is 2.31. The van der Waals surface area contributed by atoms with Crippen LogP contribution in [-0.2, 0) is 9.59 Å². The largest absolute Gasteiger partial charge is 0.454 e. The highest BCUT2D eigenvalue weighted by atomic mass is 79.9. The van der Waals surface area contributed by atoms with Crippen LogP contribution in [0.1, 0.15) is 17.9 Å². The van der Waals surface area contributed by atoms with E-state index < -0.39 is 5.92 Å². The van der Waals surface area contributed by atoms with Crippen LogP contribution in [0.3, 0.4) is 0 Å². The van der Waals surface area contributed by atoms with Gasteiger partial charge in [-0.25, -0.2) is 0 Å². The van der Waals surface area contributed by atoms with Crippen LogP contribution in [0.25, 0.3) is 0 Å². The SMILES string of the molecule is N#CC1=C(SCC(=O)Nc2ccc(Br)cc2)NC(=O)C[C@H]1c1ccc2c(c1)OCO2. The smallest absolute Gasteiger partial charge is 0.234 e. The molecular weight excluding hydrogens is 470 g/mol. The second kappa shape index (κ2) is 8.81. The minimum absolute atomic E-state index is 0.0602. The van der Waals surface area contributed by atoms with E-state index in [0.29, 0.717) is 27.8 Å². The molecule has 2 aliphatic heterocycles. The maximum atomic E-state index is 12.3. The number of halogens is 1. The summed E-state index contributed by atoms with van der Waals surface area (Å²) in [7, 11) is 0.